The number of hydrogen-bond donors (Lipinski definition) is 2. The van der Waals surface area contributed by atoms with Crippen LogP contribution in [-0.2, 0) is 4.79 Å². The summed E-state index contributed by atoms with van der Waals surface area (Å²) in [6.45, 7) is 2.86. The molecule has 1 aromatic carbocycles. The van der Waals surface area contributed by atoms with Gasteiger partial charge >= 0.3 is 0 Å². The van der Waals surface area contributed by atoms with Gasteiger partial charge in [0.2, 0.25) is 5.91 Å². The first-order chi connectivity index (χ1) is 8.16. The fourth-order valence-electron chi connectivity index (χ4n) is 1.98. The zero-order valence-corrected chi connectivity index (χ0v) is 10.7. The quantitative estimate of drug-likeness (QED) is 0.850. The number of amides is 1. The first-order valence-corrected chi connectivity index (χ1v) is 6.35. The molecule has 0 aliphatic carbocycles. The normalized spacial score (nSPS) is 20.0. The third kappa shape index (κ3) is 3.20. The molecule has 1 atom stereocenters. The third-order valence-electron chi connectivity index (χ3n) is 3.07. The van der Waals surface area contributed by atoms with Gasteiger partial charge in [0.05, 0.1) is 6.04 Å². The average molecular weight is 253 g/mol. The molecule has 0 bridgehead atoms. The van der Waals surface area contributed by atoms with Gasteiger partial charge in [0.15, 0.2) is 0 Å². The van der Waals surface area contributed by atoms with E-state index >= 15 is 0 Å². The summed E-state index contributed by atoms with van der Waals surface area (Å²) in [5, 5.41) is 6.79. The number of aryl methyl sites for hydroxylation is 1. The highest BCUT2D eigenvalue weighted by Gasteiger charge is 2.20. The minimum atomic E-state index is -0.0659. The SMILES string of the molecule is Cc1ccc(NC(=O)[C@H]2CCCCN2)cc1Cl. The van der Waals surface area contributed by atoms with Crippen molar-refractivity contribution in [2.75, 3.05) is 11.9 Å². The molecule has 1 amide bonds. The first-order valence-electron chi connectivity index (χ1n) is 5.97. The number of nitrogens with one attached hydrogen (secondary N) is 2. The summed E-state index contributed by atoms with van der Waals surface area (Å²) >= 11 is 6.02. The van der Waals surface area contributed by atoms with Crippen molar-refractivity contribution in [3.8, 4) is 0 Å². The number of rotatable bonds is 2. The second kappa shape index (κ2) is 5.52. The van der Waals surface area contributed by atoms with Crippen LogP contribution in [0.15, 0.2) is 18.2 Å². The number of carbonyl (C=O) groups excluding carboxylic acids is 1. The Hall–Kier alpha value is -1.06. The van der Waals surface area contributed by atoms with E-state index < -0.39 is 0 Å². The molecule has 1 aliphatic heterocycles. The highest BCUT2D eigenvalue weighted by atomic mass is 35.5. The van der Waals surface area contributed by atoms with Gasteiger partial charge in [-0.2, -0.15) is 0 Å². The Morgan fingerprint density at radius 2 is 2.29 bits per heavy atom. The fraction of sp³-hybridized carbons (Fsp3) is 0.462. The maximum Gasteiger partial charge on any atom is 0.241 e. The monoisotopic (exact) mass is 252 g/mol. The van der Waals surface area contributed by atoms with E-state index in [2.05, 4.69) is 10.6 Å². The second-order valence-electron chi connectivity index (χ2n) is 4.46. The van der Waals surface area contributed by atoms with Gasteiger partial charge in [-0.05, 0) is 44.0 Å². The molecular weight excluding hydrogens is 236 g/mol. The Bertz CT molecular complexity index is 414. The fourth-order valence-corrected chi connectivity index (χ4v) is 2.16. The van der Waals surface area contributed by atoms with Crippen molar-refractivity contribution >= 4 is 23.2 Å². The lowest BCUT2D eigenvalue weighted by molar-refractivity contribution is -0.118. The van der Waals surface area contributed by atoms with Crippen LogP contribution < -0.4 is 10.6 Å². The van der Waals surface area contributed by atoms with Crippen molar-refractivity contribution in [2.45, 2.75) is 32.2 Å². The molecule has 1 heterocycles. The number of halogens is 1. The summed E-state index contributed by atoms with van der Waals surface area (Å²) in [6.07, 6.45) is 3.17. The van der Waals surface area contributed by atoms with E-state index in [1.54, 1.807) is 6.07 Å². The Morgan fingerprint density at radius 3 is 2.94 bits per heavy atom. The largest absolute Gasteiger partial charge is 0.325 e. The van der Waals surface area contributed by atoms with Gasteiger partial charge in [0, 0.05) is 10.7 Å². The van der Waals surface area contributed by atoms with Crippen molar-refractivity contribution in [1.82, 2.24) is 5.32 Å². The van der Waals surface area contributed by atoms with Crippen LogP contribution in [0.2, 0.25) is 5.02 Å². The highest BCUT2D eigenvalue weighted by molar-refractivity contribution is 6.31. The molecule has 0 saturated carbocycles. The van der Waals surface area contributed by atoms with Crippen molar-refractivity contribution in [3.05, 3.63) is 28.8 Å². The lowest BCUT2D eigenvalue weighted by atomic mass is 10.0. The van der Waals surface area contributed by atoms with Gasteiger partial charge in [-0.3, -0.25) is 4.79 Å². The Balaban J connectivity index is 1.99. The second-order valence-corrected chi connectivity index (χ2v) is 4.86. The van der Waals surface area contributed by atoms with Gasteiger partial charge in [-0.25, -0.2) is 0 Å². The van der Waals surface area contributed by atoms with E-state index in [0.29, 0.717) is 5.02 Å². The molecule has 1 saturated heterocycles. The van der Waals surface area contributed by atoms with Crippen molar-refractivity contribution in [1.29, 1.82) is 0 Å². The minimum absolute atomic E-state index is 0.0321. The van der Waals surface area contributed by atoms with Crippen LogP contribution in [0.4, 0.5) is 5.69 Å². The molecule has 0 spiro atoms. The number of hydrogen-bond acceptors (Lipinski definition) is 2. The van der Waals surface area contributed by atoms with Crippen molar-refractivity contribution in [3.63, 3.8) is 0 Å². The van der Waals surface area contributed by atoms with E-state index in [4.69, 9.17) is 11.6 Å². The van der Waals surface area contributed by atoms with Gasteiger partial charge in [0.1, 0.15) is 0 Å². The summed E-state index contributed by atoms with van der Waals surface area (Å²) in [6, 6.07) is 5.51. The predicted octanol–water partition coefficient (Wildman–Crippen LogP) is 2.73. The summed E-state index contributed by atoms with van der Waals surface area (Å²) < 4.78 is 0. The lowest BCUT2D eigenvalue weighted by Gasteiger charge is -2.22. The van der Waals surface area contributed by atoms with E-state index in [1.165, 1.54) is 0 Å². The summed E-state index contributed by atoms with van der Waals surface area (Å²) in [7, 11) is 0. The van der Waals surface area contributed by atoms with Crippen molar-refractivity contribution < 1.29 is 4.79 Å². The number of piperidine rings is 1. The minimum Gasteiger partial charge on any atom is -0.325 e. The Labute approximate surface area is 107 Å². The van der Waals surface area contributed by atoms with Gasteiger partial charge in [0.25, 0.3) is 0 Å². The lowest BCUT2D eigenvalue weighted by Crippen LogP contribution is -2.43. The molecule has 4 heteroatoms. The van der Waals surface area contributed by atoms with Crippen LogP contribution in [0.1, 0.15) is 24.8 Å². The number of anilines is 1. The average Bonchev–Trinajstić information content (AvgIpc) is 2.35. The van der Waals surface area contributed by atoms with E-state index in [-0.39, 0.29) is 11.9 Å². The molecule has 0 aromatic heterocycles. The molecule has 2 rings (SSSR count). The van der Waals surface area contributed by atoms with Crippen LogP contribution >= 0.6 is 11.6 Å². The molecule has 1 fully saturated rings. The standard InChI is InChI=1S/C13H17ClN2O/c1-9-5-6-10(8-11(9)14)16-13(17)12-4-2-3-7-15-12/h5-6,8,12,15H,2-4,7H2,1H3,(H,16,17)/t12-/m1/s1. The topological polar surface area (TPSA) is 41.1 Å². The summed E-state index contributed by atoms with van der Waals surface area (Å²) in [5.41, 5.74) is 1.78. The number of benzene rings is 1. The van der Waals surface area contributed by atoms with E-state index in [0.717, 1.165) is 37.1 Å². The van der Waals surface area contributed by atoms with Crippen LogP contribution in [0, 0.1) is 6.92 Å². The molecule has 17 heavy (non-hydrogen) atoms. The van der Waals surface area contributed by atoms with Crippen LogP contribution in [0.5, 0.6) is 0 Å². The Kier molecular flexibility index (Phi) is 4.02. The zero-order valence-electron chi connectivity index (χ0n) is 9.92. The molecular formula is C13H17ClN2O. The molecule has 0 unspecified atom stereocenters. The highest BCUT2D eigenvalue weighted by Crippen LogP contribution is 2.20. The predicted molar refractivity (Wildman–Crippen MR) is 70.5 cm³/mol. The van der Waals surface area contributed by atoms with Crippen LogP contribution in [0.3, 0.4) is 0 Å². The van der Waals surface area contributed by atoms with Gasteiger partial charge < -0.3 is 10.6 Å². The molecule has 0 radical (unpaired) electrons. The third-order valence-corrected chi connectivity index (χ3v) is 3.47. The van der Waals surface area contributed by atoms with Gasteiger partial charge in [-0.1, -0.05) is 24.1 Å². The molecule has 2 N–H and O–H groups in total. The van der Waals surface area contributed by atoms with Crippen LogP contribution in [-0.4, -0.2) is 18.5 Å². The summed E-state index contributed by atoms with van der Waals surface area (Å²) in [4.78, 5) is 11.9. The van der Waals surface area contributed by atoms with E-state index in [9.17, 15) is 4.79 Å². The van der Waals surface area contributed by atoms with Gasteiger partial charge in [-0.15, -0.1) is 0 Å². The first kappa shape index (κ1) is 12.4. The molecule has 92 valence electrons. The summed E-state index contributed by atoms with van der Waals surface area (Å²) in [5.74, 6) is 0.0321. The number of carbonyl (C=O) groups is 1. The van der Waals surface area contributed by atoms with Crippen molar-refractivity contribution in [2.24, 2.45) is 0 Å². The van der Waals surface area contributed by atoms with Crippen LogP contribution in [0.25, 0.3) is 0 Å². The molecule has 1 aliphatic rings. The Morgan fingerprint density at radius 1 is 1.47 bits per heavy atom. The smallest absolute Gasteiger partial charge is 0.241 e. The van der Waals surface area contributed by atoms with E-state index in [1.807, 2.05) is 19.1 Å². The maximum atomic E-state index is 11.9. The molecule has 1 aromatic rings. The molecule has 3 nitrogen and oxygen atoms in total. The maximum absolute atomic E-state index is 11.9. The zero-order chi connectivity index (χ0) is 12.3.